The van der Waals surface area contributed by atoms with Crippen molar-refractivity contribution in [2.24, 2.45) is 5.92 Å². The Morgan fingerprint density at radius 3 is 3.05 bits per heavy atom. The van der Waals surface area contributed by atoms with Crippen molar-refractivity contribution in [1.29, 1.82) is 0 Å². The van der Waals surface area contributed by atoms with E-state index in [1.165, 1.54) is 11.1 Å². The van der Waals surface area contributed by atoms with E-state index in [0.717, 1.165) is 56.4 Å². The SMILES string of the molecule is CCNC(Cc1cc(Cl)cc2c1OCC2)C1CCOC1. The van der Waals surface area contributed by atoms with E-state index >= 15 is 0 Å². The first kappa shape index (κ1) is 14.2. The van der Waals surface area contributed by atoms with Crippen LogP contribution >= 0.6 is 11.6 Å². The van der Waals surface area contributed by atoms with Gasteiger partial charge in [0.25, 0.3) is 0 Å². The fraction of sp³-hybridized carbons (Fsp3) is 0.625. The van der Waals surface area contributed by atoms with Gasteiger partial charge in [-0.2, -0.15) is 0 Å². The topological polar surface area (TPSA) is 30.5 Å². The number of halogens is 1. The molecule has 1 N–H and O–H groups in total. The Bertz CT molecular complexity index is 472. The zero-order chi connectivity index (χ0) is 13.9. The van der Waals surface area contributed by atoms with E-state index in [4.69, 9.17) is 21.1 Å². The molecule has 3 rings (SSSR count). The number of hydrogen-bond acceptors (Lipinski definition) is 3. The van der Waals surface area contributed by atoms with Crippen LogP contribution < -0.4 is 10.1 Å². The van der Waals surface area contributed by atoms with Crippen molar-refractivity contribution in [1.82, 2.24) is 5.32 Å². The Labute approximate surface area is 125 Å². The summed E-state index contributed by atoms with van der Waals surface area (Å²) in [7, 11) is 0. The fourth-order valence-corrected chi connectivity index (χ4v) is 3.54. The highest BCUT2D eigenvalue weighted by molar-refractivity contribution is 6.30. The summed E-state index contributed by atoms with van der Waals surface area (Å²) in [6.07, 6.45) is 3.08. The number of ether oxygens (including phenoxy) is 2. The summed E-state index contributed by atoms with van der Waals surface area (Å²) in [6, 6.07) is 4.54. The van der Waals surface area contributed by atoms with Crippen molar-refractivity contribution in [3.05, 3.63) is 28.3 Å². The number of hydrogen-bond donors (Lipinski definition) is 1. The summed E-state index contributed by atoms with van der Waals surface area (Å²) >= 11 is 6.25. The molecule has 1 fully saturated rings. The van der Waals surface area contributed by atoms with Gasteiger partial charge in [0, 0.05) is 30.0 Å². The molecule has 0 amide bonds. The minimum absolute atomic E-state index is 0.439. The van der Waals surface area contributed by atoms with E-state index in [9.17, 15) is 0 Å². The number of benzene rings is 1. The second-order valence-electron chi connectivity index (χ2n) is 5.64. The van der Waals surface area contributed by atoms with Crippen LogP contribution in [0.2, 0.25) is 5.02 Å². The van der Waals surface area contributed by atoms with E-state index in [1.807, 2.05) is 6.07 Å². The molecule has 0 saturated carbocycles. The Hall–Kier alpha value is -0.770. The van der Waals surface area contributed by atoms with Gasteiger partial charge >= 0.3 is 0 Å². The first-order valence-electron chi connectivity index (χ1n) is 7.53. The second-order valence-corrected chi connectivity index (χ2v) is 6.08. The second kappa shape index (κ2) is 6.33. The molecular formula is C16H22ClNO2. The van der Waals surface area contributed by atoms with Crippen molar-refractivity contribution >= 4 is 11.6 Å². The van der Waals surface area contributed by atoms with Gasteiger partial charge in [-0.25, -0.2) is 0 Å². The minimum Gasteiger partial charge on any atom is -0.493 e. The van der Waals surface area contributed by atoms with Crippen LogP contribution in [0.1, 0.15) is 24.5 Å². The molecular weight excluding hydrogens is 274 g/mol. The molecule has 1 aromatic carbocycles. The van der Waals surface area contributed by atoms with Crippen LogP contribution in [0.25, 0.3) is 0 Å². The van der Waals surface area contributed by atoms with Crippen LogP contribution in [0, 0.1) is 5.92 Å². The maximum absolute atomic E-state index is 6.25. The molecule has 2 atom stereocenters. The maximum Gasteiger partial charge on any atom is 0.125 e. The molecule has 0 bridgehead atoms. The summed E-state index contributed by atoms with van der Waals surface area (Å²) in [6.45, 7) is 5.66. The van der Waals surface area contributed by atoms with Crippen LogP contribution in [0.4, 0.5) is 0 Å². The largest absolute Gasteiger partial charge is 0.493 e. The average molecular weight is 296 g/mol. The highest BCUT2D eigenvalue weighted by Crippen LogP contribution is 2.34. The summed E-state index contributed by atoms with van der Waals surface area (Å²) in [4.78, 5) is 0. The Morgan fingerprint density at radius 1 is 1.40 bits per heavy atom. The average Bonchev–Trinajstić information content (AvgIpc) is 3.08. The molecule has 0 radical (unpaired) electrons. The molecule has 1 aromatic rings. The van der Waals surface area contributed by atoms with E-state index in [0.29, 0.717) is 12.0 Å². The standard InChI is InChI=1S/C16H22ClNO2/c1-2-18-15(12-3-5-19-10-12)9-13-8-14(17)7-11-4-6-20-16(11)13/h7-8,12,15,18H,2-6,9-10H2,1H3. The van der Waals surface area contributed by atoms with Crippen molar-refractivity contribution in [3.63, 3.8) is 0 Å². The number of rotatable bonds is 5. The van der Waals surface area contributed by atoms with Crippen molar-refractivity contribution in [3.8, 4) is 5.75 Å². The molecule has 3 nitrogen and oxygen atoms in total. The Morgan fingerprint density at radius 2 is 2.30 bits per heavy atom. The van der Waals surface area contributed by atoms with Crippen LogP contribution in [-0.4, -0.2) is 32.4 Å². The minimum atomic E-state index is 0.439. The van der Waals surface area contributed by atoms with Gasteiger partial charge in [-0.05, 0) is 42.6 Å². The number of likely N-dealkylation sites (N-methyl/N-ethyl adjacent to an activating group) is 1. The first-order valence-corrected chi connectivity index (χ1v) is 7.91. The van der Waals surface area contributed by atoms with Crippen molar-refractivity contribution in [2.75, 3.05) is 26.4 Å². The summed E-state index contributed by atoms with van der Waals surface area (Å²) < 4.78 is 11.3. The lowest BCUT2D eigenvalue weighted by Crippen LogP contribution is -2.38. The highest BCUT2D eigenvalue weighted by atomic mass is 35.5. The molecule has 0 aromatic heterocycles. The maximum atomic E-state index is 6.25. The molecule has 0 spiro atoms. The normalized spacial score (nSPS) is 22.6. The lowest BCUT2D eigenvalue weighted by atomic mass is 9.91. The third-order valence-electron chi connectivity index (χ3n) is 4.27. The molecule has 2 aliphatic rings. The monoisotopic (exact) mass is 295 g/mol. The fourth-order valence-electron chi connectivity index (χ4n) is 3.27. The predicted molar refractivity (Wildman–Crippen MR) is 80.7 cm³/mol. The molecule has 0 aliphatic carbocycles. The smallest absolute Gasteiger partial charge is 0.125 e. The van der Waals surface area contributed by atoms with Gasteiger partial charge in [-0.3, -0.25) is 0 Å². The zero-order valence-electron chi connectivity index (χ0n) is 12.0. The first-order chi connectivity index (χ1) is 9.78. The quantitative estimate of drug-likeness (QED) is 0.906. The van der Waals surface area contributed by atoms with Gasteiger partial charge in [0.15, 0.2) is 0 Å². The predicted octanol–water partition coefficient (Wildman–Crippen LogP) is 2.83. The third-order valence-corrected chi connectivity index (χ3v) is 4.48. The van der Waals surface area contributed by atoms with Crippen LogP contribution in [0.15, 0.2) is 12.1 Å². The van der Waals surface area contributed by atoms with Gasteiger partial charge in [0.2, 0.25) is 0 Å². The molecule has 2 heterocycles. The third kappa shape index (κ3) is 2.95. The molecule has 1 saturated heterocycles. The van der Waals surface area contributed by atoms with E-state index < -0.39 is 0 Å². The summed E-state index contributed by atoms with van der Waals surface area (Å²) in [5, 5.41) is 4.43. The van der Waals surface area contributed by atoms with Crippen molar-refractivity contribution in [2.45, 2.75) is 32.2 Å². The van der Waals surface area contributed by atoms with Gasteiger partial charge < -0.3 is 14.8 Å². The van der Waals surface area contributed by atoms with Crippen LogP contribution in [-0.2, 0) is 17.6 Å². The number of nitrogens with one attached hydrogen (secondary N) is 1. The Balaban J connectivity index is 1.81. The molecule has 110 valence electrons. The van der Waals surface area contributed by atoms with Crippen LogP contribution in [0.5, 0.6) is 5.75 Å². The number of fused-ring (bicyclic) bond motifs is 1. The van der Waals surface area contributed by atoms with E-state index in [-0.39, 0.29) is 0 Å². The lowest BCUT2D eigenvalue weighted by Gasteiger charge is -2.24. The lowest BCUT2D eigenvalue weighted by molar-refractivity contribution is 0.176. The van der Waals surface area contributed by atoms with Crippen LogP contribution in [0.3, 0.4) is 0 Å². The van der Waals surface area contributed by atoms with Crippen molar-refractivity contribution < 1.29 is 9.47 Å². The van der Waals surface area contributed by atoms with E-state index in [1.54, 1.807) is 0 Å². The van der Waals surface area contributed by atoms with E-state index in [2.05, 4.69) is 18.3 Å². The van der Waals surface area contributed by atoms with Gasteiger partial charge in [0.1, 0.15) is 5.75 Å². The van der Waals surface area contributed by atoms with Gasteiger partial charge in [0.05, 0.1) is 13.2 Å². The Kier molecular flexibility index (Phi) is 4.49. The molecule has 20 heavy (non-hydrogen) atoms. The zero-order valence-corrected chi connectivity index (χ0v) is 12.7. The summed E-state index contributed by atoms with van der Waals surface area (Å²) in [5.74, 6) is 1.65. The van der Waals surface area contributed by atoms with Gasteiger partial charge in [-0.1, -0.05) is 18.5 Å². The van der Waals surface area contributed by atoms with Gasteiger partial charge in [-0.15, -0.1) is 0 Å². The molecule has 2 unspecified atom stereocenters. The molecule has 2 aliphatic heterocycles. The highest BCUT2D eigenvalue weighted by Gasteiger charge is 2.27. The summed E-state index contributed by atoms with van der Waals surface area (Å²) in [5.41, 5.74) is 2.49. The molecule has 4 heteroatoms.